The quantitative estimate of drug-likeness (QED) is 0.539. The molecule has 0 saturated heterocycles. The van der Waals surface area contributed by atoms with E-state index in [1.165, 1.54) is 0 Å². The Balaban J connectivity index is 1.64. The van der Waals surface area contributed by atoms with Crippen LogP contribution >= 0.6 is 11.6 Å². The summed E-state index contributed by atoms with van der Waals surface area (Å²) in [6.07, 6.45) is 1.73. The Labute approximate surface area is 166 Å². The van der Waals surface area contributed by atoms with E-state index in [4.69, 9.17) is 21.8 Å². The van der Waals surface area contributed by atoms with Gasteiger partial charge in [-0.15, -0.1) is 0 Å². The first-order valence-electron chi connectivity index (χ1n) is 8.63. The average Bonchev–Trinajstić information content (AvgIpc) is 3.16. The highest BCUT2D eigenvalue weighted by atomic mass is 35.5. The minimum atomic E-state index is -0.466. The van der Waals surface area contributed by atoms with E-state index in [9.17, 15) is 9.59 Å². The van der Waals surface area contributed by atoms with E-state index in [1.54, 1.807) is 36.5 Å². The molecule has 28 heavy (non-hydrogen) atoms. The lowest BCUT2D eigenvalue weighted by Gasteiger charge is -2.11. The lowest BCUT2D eigenvalue weighted by Crippen LogP contribution is -2.28. The summed E-state index contributed by atoms with van der Waals surface area (Å²) in [5, 5.41) is 6.47. The van der Waals surface area contributed by atoms with Crippen molar-refractivity contribution in [3.63, 3.8) is 0 Å². The van der Waals surface area contributed by atoms with Gasteiger partial charge < -0.3 is 20.8 Å². The maximum Gasteiger partial charge on any atom is 0.253 e. The molecule has 0 unspecified atom stereocenters. The van der Waals surface area contributed by atoms with Gasteiger partial charge in [-0.1, -0.05) is 23.7 Å². The second-order valence-corrected chi connectivity index (χ2v) is 6.43. The number of nitrogens with one attached hydrogen (secondary N) is 2. The Kier molecular flexibility index (Phi) is 6.29. The maximum atomic E-state index is 12.3. The van der Waals surface area contributed by atoms with Crippen molar-refractivity contribution in [2.75, 3.05) is 11.9 Å². The van der Waals surface area contributed by atoms with Gasteiger partial charge in [0, 0.05) is 29.2 Å². The largest absolute Gasteiger partial charge is 0.439 e. The Hall–Kier alpha value is -3.32. The lowest BCUT2D eigenvalue weighted by atomic mass is 10.1. The number of halogens is 1. The van der Waals surface area contributed by atoms with Crippen LogP contribution in [-0.4, -0.2) is 23.3 Å². The molecule has 0 atom stereocenters. The van der Waals surface area contributed by atoms with Gasteiger partial charge in [-0.25, -0.2) is 4.98 Å². The molecular formula is C20H19ClN4O3. The van der Waals surface area contributed by atoms with Crippen molar-refractivity contribution in [3.8, 4) is 11.3 Å². The third kappa shape index (κ3) is 5.11. The van der Waals surface area contributed by atoms with Gasteiger partial charge in [-0.3, -0.25) is 9.59 Å². The summed E-state index contributed by atoms with van der Waals surface area (Å²) in [4.78, 5) is 27.4. The summed E-state index contributed by atoms with van der Waals surface area (Å²) in [6.45, 7) is 0.492. The van der Waals surface area contributed by atoms with Crippen LogP contribution in [0.4, 0.5) is 5.69 Å². The minimum absolute atomic E-state index is 0.0884. The molecule has 3 aromatic rings. The number of nitrogens with two attached hydrogens (primary N) is 1. The molecule has 2 amide bonds. The standard InChI is InChI=1S/C20H19ClN4O3/c21-14-7-5-13(6-8-14)17-11-25-19(28-17)12-24-16-4-2-1-3-15(16)20(27)23-10-9-18(22)26/h1-8,11,24H,9-10,12H2,(H2,22,26)(H,23,27). The van der Waals surface area contributed by atoms with Crippen molar-refractivity contribution in [1.82, 2.24) is 10.3 Å². The summed E-state index contributed by atoms with van der Waals surface area (Å²) in [7, 11) is 0. The molecule has 7 nitrogen and oxygen atoms in total. The first-order valence-corrected chi connectivity index (χ1v) is 9.01. The fourth-order valence-electron chi connectivity index (χ4n) is 2.54. The number of rotatable bonds is 8. The van der Waals surface area contributed by atoms with Crippen LogP contribution in [0.25, 0.3) is 11.3 Å². The first kappa shape index (κ1) is 19.4. The lowest BCUT2D eigenvalue weighted by molar-refractivity contribution is -0.117. The molecule has 2 aromatic carbocycles. The predicted octanol–water partition coefficient (Wildman–Crippen LogP) is 3.21. The van der Waals surface area contributed by atoms with Crippen molar-refractivity contribution >= 4 is 29.1 Å². The zero-order valence-corrected chi connectivity index (χ0v) is 15.7. The van der Waals surface area contributed by atoms with Gasteiger partial charge in [0.2, 0.25) is 11.8 Å². The van der Waals surface area contributed by atoms with E-state index in [0.29, 0.717) is 34.5 Å². The summed E-state index contributed by atoms with van der Waals surface area (Å²) in [5.41, 5.74) is 7.04. The molecule has 0 aliphatic carbocycles. The van der Waals surface area contributed by atoms with Crippen molar-refractivity contribution in [2.24, 2.45) is 5.73 Å². The van der Waals surface area contributed by atoms with Crippen LogP contribution < -0.4 is 16.4 Å². The van der Waals surface area contributed by atoms with Gasteiger partial charge in [0.15, 0.2) is 5.76 Å². The van der Waals surface area contributed by atoms with Crippen LogP contribution in [0.3, 0.4) is 0 Å². The number of oxazole rings is 1. The molecular weight excluding hydrogens is 380 g/mol. The molecule has 1 aromatic heterocycles. The molecule has 0 radical (unpaired) electrons. The zero-order chi connectivity index (χ0) is 19.9. The Morgan fingerprint density at radius 3 is 2.61 bits per heavy atom. The van der Waals surface area contributed by atoms with Gasteiger partial charge in [-0.05, 0) is 36.4 Å². The van der Waals surface area contributed by atoms with Crippen molar-refractivity contribution in [3.05, 3.63) is 71.2 Å². The van der Waals surface area contributed by atoms with Gasteiger partial charge >= 0.3 is 0 Å². The van der Waals surface area contributed by atoms with E-state index < -0.39 is 5.91 Å². The molecule has 4 N–H and O–H groups in total. The van der Waals surface area contributed by atoms with E-state index in [0.717, 1.165) is 5.56 Å². The topological polar surface area (TPSA) is 110 Å². The number of carbonyl (C=O) groups excluding carboxylic acids is 2. The number of carbonyl (C=O) groups is 2. The molecule has 0 aliphatic rings. The minimum Gasteiger partial charge on any atom is -0.439 e. The number of amides is 2. The summed E-state index contributed by atoms with van der Waals surface area (Å²) < 4.78 is 5.75. The number of hydrogen-bond acceptors (Lipinski definition) is 5. The number of para-hydroxylation sites is 1. The fourth-order valence-corrected chi connectivity index (χ4v) is 2.67. The van der Waals surface area contributed by atoms with Crippen LogP contribution in [0.15, 0.2) is 59.1 Å². The number of benzene rings is 2. The van der Waals surface area contributed by atoms with Gasteiger partial charge in [-0.2, -0.15) is 0 Å². The highest BCUT2D eigenvalue weighted by molar-refractivity contribution is 6.30. The molecule has 0 spiro atoms. The molecule has 0 bridgehead atoms. The van der Waals surface area contributed by atoms with Crippen LogP contribution in [0, 0.1) is 0 Å². The third-order valence-corrected chi connectivity index (χ3v) is 4.19. The monoisotopic (exact) mass is 398 g/mol. The molecule has 0 saturated carbocycles. The Morgan fingerprint density at radius 1 is 1.11 bits per heavy atom. The number of aromatic nitrogens is 1. The highest BCUT2D eigenvalue weighted by Gasteiger charge is 2.12. The van der Waals surface area contributed by atoms with Crippen LogP contribution in [0.2, 0.25) is 5.02 Å². The van der Waals surface area contributed by atoms with E-state index >= 15 is 0 Å². The average molecular weight is 399 g/mol. The number of nitrogens with zero attached hydrogens (tertiary/aromatic N) is 1. The Morgan fingerprint density at radius 2 is 1.86 bits per heavy atom. The van der Waals surface area contributed by atoms with Crippen LogP contribution in [-0.2, 0) is 11.3 Å². The molecule has 144 valence electrons. The molecule has 0 aliphatic heterocycles. The summed E-state index contributed by atoms with van der Waals surface area (Å²) in [5.74, 6) is 0.352. The van der Waals surface area contributed by atoms with Crippen molar-refractivity contribution in [1.29, 1.82) is 0 Å². The zero-order valence-electron chi connectivity index (χ0n) is 14.9. The Bertz CT molecular complexity index is 970. The fraction of sp³-hybridized carbons (Fsp3) is 0.150. The maximum absolute atomic E-state index is 12.3. The van der Waals surface area contributed by atoms with Crippen LogP contribution in [0.1, 0.15) is 22.7 Å². The molecule has 1 heterocycles. The van der Waals surface area contributed by atoms with Gasteiger partial charge in [0.1, 0.15) is 0 Å². The van der Waals surface area contributed by atoms with E-state index in [2.05, 4.69) is 15.6 Å². The van der Waals surface area contributed by atoms with E-state index in [-0.39, 0.29) is 18.9 Å². The number of primary amides is 1. The molecule has 8 heteroatoms. The molecule has 0 fully saturated rings. The summed E-state index contributed by atoms with van der Waals surface area (Å²) in [6, 6.07) is 14.3. The van der Waals surface area contributed by atoms with Gasteiger partial charge in [0.25, 0.3) is 5.91 Å². The molecule has 3 rings (SSSR count). The smallest absolute Gasteiger partial charge is 0.253 e. The second kappa shape index (κ2) is 9.05. The van der Waals surface area contributed by atoms with Crippen molar-refractivity contribution < 1.29 is 14.0 Å². The number of anilines is 1. The van der Waals surface area contributed by atoms with Crippen molar-refractivity contribution in [2.45, 2.75) is 13.0 Å². The first-order chi connectivity index (χ1) is 13.5. The number of hydrogen-bond donors (Lipinski definition) is 3. The predicted molar refractivity (Wildman–Crippen MR) is 107 cm³/mol. The van der Waals surface area contributed by atoms with Gasteiger partial charge in [0.05, 0.1) is 18.3 Å². The highest BCUT2D eigenvalue weighted by Crippen LogP contribution is 2.23. The van der Waals surface area contributed by atoms with Crippen LogP contribution in [0.5, 0.6) is 0 Å². The van der Waals surface area contributed by atoms with E-state index in [1.807, 2.05) is 18.2 Å². The summed E-state index contributed by atoms with van der Waals surface area (Å²) >= 11 is 5.90. The second-order valence-electron chi connectivity index (χ2n) is 6.00. The third-order valence-electron chi connectivity index (χ3n) is 3.94. The normalized spacial score (nSPS) is 10.5. The SMILES string of the molecule is NC(=O)CCNC(=O)c1ccccc1NCc1ncc(-c2ccc(Cl)cc2)o1.